The lowest BCUT2D eigenvalue weighted by Gasteiger charge is -2.27. The Morgan fingerprint density at radius 2 is 1.84 bits per heavy atom. The predicted octanol–water partition coefficient (Wildman–Crippen LogP) is 5.80. The van der Waals surface area contributed by atoms with E-state index in [1.165, 1.54) is 12.1 Å². The van der Waals surface area contributed by atoms with Gasteiger partial charge in [0.15, 0.2) is 17.1 Å². The largest absolute Gasteiger partial charge is 0.478 e. The molecule has 0 amide bonds. The van der Waals surface area contributed by atoms with Crippen molar-refractivity contribution < 1.29 is 23.8 Å². The Bertz CT molecular complexity index is 1980. The molecule has 2 fully saturated rings. The number of fused-ring (bicyclic) bond motifs is 2. The van der Waals surface area contributed by atoms with Crippen molar-refractivity contribution in [3.63, 3.8) is 0 Å². The van der Waals surface area contributed by atoms with Gasteiger partial charge < -0.3 is 29.0 Å². The van der Waals surface area contributed by atoms with Gasteiger partial charge in [-0.1, -0.05) is 25.0 Å². The van der Waals surface area contributed by atoms with Crippen molar-refractivity contribution in [1.29, 1.82) is 0 Å². The first kappa shape index (κ1) is 27.8. The number of nitrogens with zero attached hydrogens (tertiary/aromatic N) is 4. The Morgan fingerprint density at radius 1 is 1.05 bits per heavy atom. The van der Waals surface area contributed by atoms with Crippen LogP contribution in [0, 0.1) is 0 Å². The summed E-state index contributed by atoms with van der Waals surface area (Å²) in [5, 5.41) is 14.3. The highest BCUT2D eigenvalue weighted by Crippen LogP contribution is 2.36. The molecule has 1 saturated heterocycles. The molecule has 0 bridgehead atoms. The average molecular weight is 594 g/mol. The fourth-order valence-electron chi connectivity index (χ4n) is 6.31. The van der Waals surface area contributed by atoms with Crippen LogP contribution >= 0.6 is 0 Å². The number of anilines is 3. The number of carboxylic acid groups (broad SMARTS) is 1. The molecule has 224 valence electrons. The summed E-state index contributed by atoms with van der Waals surface area (Å²) in [6, 6.07) is 13.6. The second-order valence-electron chi connectivity index (χ2n) is 11.3. The Labute approximate surface area is 252 Å². The minimum absolute atomic E-state index is 0.0262. The summed E-state index contributed by atoms with van der Waals surface area (Å²) < 4.78 is 13.8. The molecular formula is C33H31N5O6. The molecule has 0 unspecified atom stereocenters. The number of hydrogen-bond acceptors (Lipinski definition) is 9. The van der Waals surface area contributed by atoms with Crippen molar-refractivity contribution in [2.24, 2.45) is 0 Å². The van der Waals surface area contributed by atoms with Crippen LogP contribution in [0.2, 0.25) is 0 Å². The number of Topliss-reactive ketones (excluding diaryl/α,β-unsaturated/α-hetero) is 1. The zero-order valence-electron chi connectivity index (χ0n) is 24.2. The van der Waals surface area contributed by atoms with Crippen molar-refractivity contribution in [2.45, 2.75) is 38.6 Å². The third kappa shape index (κ3) is 5.09. The first-order chi connectivity index (χ1) is 21.4. The lowest BCUT2D eigenvalue weighted by atomic mass is 9.99. The number of nitrogens with one attached hydrogen (secondary N) is 1. The SMILES string of the molecule is CC(=O)c1cc2cnc(Nc3cc(C(=O)O)cc(-c4cccc5c(=O)cc(N6CCOCC6)oc45)c3)nc2n1C1CCCC1. The summed E-state index contributed by atoms with van der Waals surface area (Å²) in [5.74, 6) is -0.412. The molecule has 2 aliphatic rings. The van der Waals surface area contributed by atoms with E-state index in [-0.39, 0.29) is 28.8 Å². The molecule has 11 nitrogen and oxygen atoms in total. The highest BCUT2D eigenvalue weighted by molar-refractivity contribution is 5.99. The fraction of sp³-hybridized carbons (Fsp3) is 0.303. The Morgan fingerprint density at radius 3 is 2.59 bits per heavy atom. The number of carbonyl (C=O) groups is 2. The van der Waals surface area contributed by atoms with Crippen LogP contribution in [0.4, 0.5) is 17.5 Å². The van der Waals surface area contributed by atoms with Crippen LogP contribution in [-0.4, -0.2) is 57.7 Å². The first-order valence-electron chi connectivity index (χ1n) is 14.8. The summed E-state index contributed by atoms with van der Waals surface area (Å²) in [4.78, 5) is 49.1. The van der Waals surface area contributed by atoms with Crippen LogP contribution in [-0.2, 0) is 4.74 Å². The number of rotatable bonds is 7. The molecule has 2 N–H and O–H groups in total. The van der Waals surface area contributed by atoms with E-state index >= 15 is 0 Å². The molecule has 0 spiro atoms. The Kier molecular flexibility index (Phi) is 7.09. The standard InChI is InChI=1S/C33H31N5O6/c1-19(39)27-16-22-18-34-33(36-31(22)38(27)24-5-2-3-6-24)35-23-14-20(13-21(15-23)32(41)42)25-7-4-8-26-28(40)17-29(44-30(25)26)37-9-11-43-12-10-37/h4,7-8,13-18,24H,2-3,5-6,9-12H2,1H3,(H,41,42)(H,34,35,36). The maximum Gasteiger partial charge on any atom is 0.335 e. The normalized spacial score (nSPS) is 15.7. The zero-order valence-corrected chi connectivity index (χ0v) is 24.2. The molecule has 0 radical (unpaired) electrons. The molecule has 1 aliphatic heterocycles. The molecule has 7 rings (SSSR count). The van der Waals surface area contributed by atoms with E-state index in [2.05, 4.69) is 10.3 Å². The van der Waals surface area contributed by atoms with Crippen LogP contribution in [0.3, 0.4) is 0 Å². The van der Waals surface area contributed by atoms with E-state index in [0.29, 0.717) is 71.3 Å². The summed E-state index contributed by atoms with van der Waals surface area (Å²) in [5.41, 5.74) is 3.10. The van der Waals surface area contributed by atoms with E-state index in [1.54, 1.807) is 43.5 Å². The second-order valence-corrected chi connectivity index (χ2v) is 11.3. The van der Waals surface area contributed by atoms with Gasteiger partial charge in [-0.05, 0) is 48.7 Å². The number of aromatic nitrogens is 3. The molecule has 1 aliphatic carbocycles. The maximum absolute atomic E-state index is 13.1. The van der Waals surface area contributed by atoms with Crippen LogP contribution < -0.4 is 15.6 Å². The second kappa shape index (κ2) is 11.2. The number of ketones is 1. The van der Waals surface area contributed by atoms with Gasteiger partial charge in [-0.2, -0.15) is 4.98 Å². The third-order valence-electron chi connectivity index (χ3n) is 8.44. The molecule has 3 aromatic heterocycles. The van der Waals surface area contributed by atoms with Crippen LogP contribution in [0.25, 0.3) is 33.1 Å². The molecule has 4 heterocycles. The minimum Gasteiger partial charge on any atom is -0.478 e. The minimum atomic E-state index is -1.11. The predicted molar refractivity (Wildman–Crippen MR) is 166 cm³/mol. The Hall–Kier alpha value is -5.03. The number of benzene rings is 2. The quantitative estimate of drug-likeness (QED) is 0.223. The zero-order chi connectivity index (χ0) is 30.4. The first-order valence-corrected chi connectivity index (χ1v) is 14.8. The van der Waals surface area contributed by atoms with Crippen molar-refractivity contribution in [1.82, 2.24) is 14.5 Å². The van der Waals surface area contributed by atoms with E-state index in [4.69, 9.17) is 14.1 Å². The number of carbonyl (C=O) groups excluding carboxylic acids is 1. The average Bonchev–Trinajstić information content (AvgIpc) is 3.69. The molecule has 2 aromatic carbocycles. The highest BCUT2D eigenvalue weighted by Gasteiger charge is 2.25. The third-order valence-corrected chi connectivity index (χ3v) is 8.44. The topological polar surface area (TPSA) is 140 Å². The van der Waals surface area contributed by atoms with Gasteiger partial charge in [0.2, 0.25) is 5.95 Å². The van der Waals surface area contributed by atoms with Crippen molar-refractivity contribution in [3.8, 4) is 11.1 Å². The summed E-state index contributed by atoms with van der Waals surface area (Å²) in [7, 11) is 0. The van der Waals surface area contributed by atoms with Crippen LogP contribution in [0.5, 0.6) is 0 Å². The molecular weight excluding hydrogens is 562 g/mol. The molecule has 0 atom stereocenters. The van der Waals surface area contributed by atoms with E-state index < -0.39 is 5.97 Å². The maximum atomic E-state index is 13.1. The van der Waals surface area contributed by atoms with Gasteiger partial charge in [0.1, 0.15) is 11.2 Å². The molecule has 5 aromatic rings. The van der Waals surface area contributed by atoms with Crippen molar-refractivity contribution in [2.75, 3.05) is 36.5 Å². The number of aromatic carboxylic acids is 1. The van der Waals surface area contributed by atoms with Crippen LogP contribution in [0.1, 0.15) is 59.5 Å². The lowest BCUT2D eigenvalue weighted by molar-refractivity contribution is 0.0696. The van der Waals surface area contributed by atoms with E-state index in [9.17, 15) is 19.5 Å². The van der Waals surface area contributed by atoms with Gasteiger partial charge in [0.25, 0.3) is 0 Å². The number of para-hydroxylation sites is 1. The van der Waals surface area contributed by atoms with Gasteiger partial charge in [-0.15, -0.1) is 0 Å². The number of hydrogen-bond donors (Lipinski definition) is 2. The Balaban J connectivity index is 1.31. The van der Waals surface area contributed by atoms with Gasteiger partial charge in [-0.3, -0.25) is 9.59 Å². The van der Waals surface area contributed by atoms with Crippen molar-refractivity contribution in [3.05, 3.63) is 76.2 Å². The number of ether oxygens (including phenoxy) is 1. The molecule has 44 heavy (non-hydrogen) atoms. The molecule has 11 heteroatoms. The van der Waals surface area contributed by atoms with E-state index in [0.717, 1.165) is 31.1 Å². The van der Waals surface area contributed by atoms with Gasteiger partial charge >= 0.3 is 5.97 Å². The summed E-state index contributed by atoms with van der Waals surface area (Å²) >= 11 is 0. The fourth-order valence-corrected chi connectivity index (χ4v) is 6.31. The van der Waals surface area contributed by atoms with Crippen LogP contribution in [0.15, 0.2) is 63.9 Å². The molecule has 1 saturated carbocycles. The number of morpholine rings is 1. The summed E-state index contributed by atoms with van der Waals surface area (Å²) in [6.07, 6.45) is 5.84. The van der Waals surface area contributed by atoms with E-state index in [1.807, 2.05) is 15.5 Å². The van der Waals surface area contributed by atoms with Gasteiger partial charge in [0, 0.05) is 55.0 Å². The van der Waals surface area contributed by atoms with Gasteiger partial charge in [-0.25, -0.2) is 9.78 Å². The monoisotopic (exact) mass is 593 g/mol. The van der Waals surface area contributed by atoms with Crippen molar-refractivity contribution >= 4 is 51.3 Å². The highest BCUT2D eigenvalue weighted by atomic mass is 16.5. The smallest absolute Gasteiger partial charge is 0.335 e. The number of carboxylic acids is 1. The summed E-state index contributed by atoms with van der Waals surface area (Å²) in [6.45, 7) is 3.83. The van der Waals surface area contributed by atoms with Gasteiger partial charge in [0.05, 0.1) is 29.9 Å². The lowest BCUT2D eigenvalue weighted by Crippen LogP contribution is -2.36.